The zero-order valence-corrected chi connectivity index (χ0v) is 17.9. The lowest BCUT2D eigenvalue weighted by Gasteiger charge is -2.14. The normalized spacial score (nSPS) is 10.8. The molecule has 0 aliphatic heterocycles. The molecule has 2 aromatic carbocycles. The molecule has 0 aliphatic rings. The molecule has 3 aromatic rings. The summed E-state index contributed by atoms with van der Waals surface area (Å²) in [6.45, 7) is 11.2. The van der Waals surface area contributed by atoms with Gasteiger partial charge in [-0.25, -0.2) is 0 Å². The van der Waals surface area contributed by atoms with E-state index >= 15 is 0 Å². The molecule has 1 heterocycles. The molecule has 0 saturated heterocycles. The van der Waals surface area contributed by atoms with Crippen LogP contribution in [0, 0.1) is 12.8 Å². The van der Waals surface area contributed by atoms with E-state index in [0.717, 1.165) is 32.2 Å². The van der Waals surface area contributed by atoms with Gasteiger partial charge in [0, 0.05) is 33.7 Å². The third-order valence-electron chi connectivity index (χ3n) is 4.51. The summed E-state index contributed by atoms with van der Waals surface area (Å²) < 4.78 is 0. The first-order valence-electron chi connectivity index (χ1n) is 9.72. The Hall–Kier alpha value is -2.85. The highest BCUT2D eigenvalue weighted by Crippen LogP contribution is 2.36. The third-order valence-corrected chi connectivity index (χ3v) is 5.77. The number of nitrogens with one attached hydrogen (secondary N) is 1. The number of aryl methyl sites for hydroxylation is 1. The van der Waals surface area contributed by atoms with E-state index < -0.39 is 0 Å². The molecule has 0 saturated carbocycles. The van der Waals surface area contributed by atoms with Gasteiger partial charge in [-0.1, -0.05) is 56.5 Å². The number of hydrogen-bond donors (Lipinski definition) is 1. The SMILES string of the molecule is C=C(c1ccccn1)c1ccccc1Sc1ccc(C(=O)NCC(C)C)cc1C. The minimum atomic E-state index is -0.0257. The van der Waals surface area contributed by atoms with Crippen molar-refractivity contribution in [3.63, 3.8) is 0 Å². The van der Waals surface area contributed by atoms with Gasteiger partial charge in [0.05, 0.1) is 5.69 Å². The van der Waals surface area contributed by atoms with E-state index in [9.17, 15) is 4.79 Å². The molecule has 0 bridgehead atoms. The van der Waals surface area contributed by atoms with E-state index in [1.165, 1.54) is 0 Å². The van der Waals surface area contributed by atoms with E-state index in [1.807, 2.05) is 55.5 Å². The molecule has 1 aromatic heterocycles. The lowest BCUT2D eigenvalue weighted by molar-refractivity contribution is 0.0949. The van der Waals surface area contributed by atoms with Crippen LogP contribution in [0.1, 0.15) is 41.0 Å². The molecule has 148 valence electrons. The molecular weight excluding hydrogens is 376 g/mol. The van der Waals surface area contributed by atoms with Gasteiger partial charge in [0.15, 0.2) is 0 Å². The average molecular weight is 403 g/mol. The predicted molar refractivity (Wildman–Crippen MR) is 121 cm³/mol. The number of nitrogens with zero attached hydrogens (tertiary/aromatic N) is 1. The van der Waals surface area contributed by atoms with Gasteiger partial charge in [-0.2, -0.15) is 0 Å². The second-order valence-corrected chi connectivity index (χ2v) is 8.46. The van der Waals surface area contributed by atoms with E-state index in [0.29, 0.717) is 18.0 Å². The molecule has 29 heavy (non-hydrogen) atoms. The fraction of sp³-hybridized carbons (Fsp3) is 0.200. The number of pyridine rings is 1. The molecule has 0 unspecified atom stereocenters. The number of carbonyl (C=O) groups excluding carboxylic acids is 1. The largest absolute Gasteiger partial charge is 0.352 e. The topological polar surface area (TPSA) is 42.0 Å². The summed E-state index contributed by atoms with van der Waals surface area (Å²) in [4.78, 5) is 19.0. The lowest BCUT2D eigenvalue weighted by Crippen LogP contribution is -2.27. The Morgan fingerprint density at radius 3 is 2.52 bits per heavy atom. The fourth-order valence-corrected chi connectivity index (χ4v) is 3.95. The van der Waals surface area contributed by atoms with E-state index in [1.54, 1.807) is 18.0 Å². The summed E-state index contributed by atoms with van der Waals surface area (Å²) in [7, 11) is 0. The molecule has 0 fully saturated rings. The van der Waals surface area contributed by atoms with Gasteiger partial charge in [-0.05, 0) is 60.4 Å². The summed E-state index contributed by atoms with van der Waals surface area (Å²) in [6, 6.07) is 19.9. The average Bonchev–Trinajstić information content (AvgIpc) is 2.74. The van der Waals surface area contributed by atoms with Gasteiger partial charge in [0.1, 0.15) is 0 Å². The van der Waals surface area contributed by atoms with Gasteiger partial charge < -0.3 is 5.32 Å². The molecule has 1 amide bonds. The zero-order chi connectivity index (χ0) is 20.8. The van der Waals surface area contributed by atoms with Crippen LogP contribution in [-0.2, 0) is 0 Å². The van der Waals surface area contributed by atoms with Gasteiger partial charge in [-0.3, -0.25) is 9.78 Å². The molecule has 4 heteroatoms. The van der Waals surface area contributed by atoms with Gasteiger partial charge >= 0.3 is 0 Å². The molecule has 0 radical (unpaired) electrons. The van der Waals surface area contributed by atoms with Crippen molar-refractivity contribution in [1.82, 2.24) is 10.3 Å². The highest BCUT2D eigenvalue weighted by atomic mass is 32.2. The first-order chi connectivity index (χ1) is 14.0. The number of hydrogen-bond acceptors (Lipinski definition) is 3. The summed E-state index contributed by atoms with van der Waals surface area (Å²) >= 11 is 1.68. The smallest absolute Gasteiger partial charge is 0.251 e. The van der Waals surface area contributed by atoms with Crippen LogP contribution in [0.2, 0.25) is 0 Å². The Morgan fingerprint density at radius 2 is 1.83 bits per heavy atom. The number of carbonyl (C=O) groups is 1. The van der Waals surface area contributed by atoms with Crippen LogP contribution in [0.15, 0.2) is 83.2 Å². The third kappa shape index (κ3) is 5.36. The van der Waals surface area contributed by atoms with Crippen molar-refractivity contribution in [2.45, 2.75) is 30.6 Å². The van der Waals surface area contributed by atoms with E-state index in [-0.39, 0.29) is 5.91 Å². The van der Waals surface area contributed by atoms with E-state index in [2.05, 4.69) is 42.9 Å². The Balaban J connectivity index is 1.82. The highest BCUT2D eigenvalue weighted by Gasteiger charge is 2.13. The maximum absolute atomic E-state index is 12.3. The second-order valence-electron chi connectivity index (χ2n) is 7.38. The van der Waals surface area contributed by atoms with Crippen LogP contribution < -0.4 is 5.32 Å². The maximum atomic E-state index is 12.3. The zero-order valence-electron chi connectivity index (χ0n) is 17.1. The van der Waals surface area contributed by atoms with Gasteiger partial charge in [0.2, 0.25) is 0 Å². The summed E-state index contributed by atoms with van der Waals surface area (Å²) in [5.74, 6) is 0.404. The molecule has 0 atom stereocenters. The van der Waals surface area contributed by atoms with Crippen LogP contribution in [0.4, 0.5) is 0 Å². The summed E-state index contributed by atoms with van der Waals surface area (Å²) in [5, 5.41) is 2.97. The predicted octanol–water partition coefficient (Wildman–Crippen LogP) is 5.99. The maximum Gasteiger partial charge on any atom is 0.251 e. The Bertz CT molecular complexity index is 1010. The van der Waals surface area contributed by atoms with Gasteiger partial charge in [0.25, 0.3) is 5.91 Å². The minimum absolute atomic E-state index is 0.0257. The van der Waals surface area contributed by atoms with Crippen molar-refractivity contribution in [1.29, 1.82) is 0 Å². The minimum Gasteiger partial charge on any atom is -0.352 e. The molecule has 0 aliphatic carbocycles. The van der Waals surface area contributed by atoms with Crippen molar-refractivity contribution in [3.8, 4) is 0 Å². The Labute approximate surface area is 177 Å². The standard InChI is InChI=1S/C25H26N2OS/c1-17(2)16-27-25(28)20-12-13-23(18(3)15-20)29-24-11-6-5-9-21(24)19(4)22-10-7-8-14-26-22/h5-15,17H,4,16H2,1-3H3,(H,27,28). The first-order valence-corrected chi connectivity index (χ1v) is 10.5. The van der Waals surface area contributed by atoms with Crippen LogP contribution >= 0.6 is 11.8 Å². The van der Waals surface area contributed by atoms with Crippen LogP contribution in [0.3, 0.4) is 0 Å². The number of amides is 1. The number of aromatic nitrogens is 1. The quantitative estimate of drug-likeness (QED) is 0.528. The van der Waals surface area contributed by atoms with Gasteiger partial charge in [-0.15, -0.1) is 0 Å². The number of rotatable bonds is 7. The number of benzene rings is 2. The molecule has 3 rings (SSSR count). The molecular formula is C25H26N2OS. The van der Waals surface area contributed by atoms with Crippen molar-refractivity contribution >= 4 is 23.2 Å². The molecule has 3 nitrogen and oxygen atoms in total. The van der Waals surface area contributed by atoms with Crippen LogP contribution in [0.25, 0.3) is 5.57 Å². The Kier molecular flexibility index (Phi) is 6.89. The summed E-state index contributed by atoms with van der Waals surface area (Å²) in [6.07, 6.45) is 1.78. The molecule has 0 spiro atoms. The van der Waals surface area contributed by atoms with Crippen molar-refractivity contribution in [3.05, 3.63) is 95.8 Å². The van der Waals surface area contributed by atoms with E-state index in [4.69, 9.17) is 0 Å². The highest BCUT2D eigenvalue weighted by molar-refractivity contribution is 7.99. The second kappa shape index (κ2) is 9.57. The summed E-state index contributed by atoms with van der Waals surface area (Å²) in [5.41, 5.74) is 4.60. The van der Waals surface area contributed by atoms with Crippen molar-refractivity contribution in [2.75, 3.05) is 6.54 Å². The van der Waals surface area contributed by atoms with Crippen molar-refractivity contribution in [2.24, 2.45) is 5.92 Å². The van der Waals surface area contributed by atoms with Crippen molar-refractivity contribution < 1.29 is 4.79 Å². The van der Waals surface area contributed by atoms with Crippen LogP contribution in [0.5, 0.6) is 0 Å². The monoisotopic (exact) mass is 402 g/mol. The Morgan fingerprint density at radius 1 is 1.07 bits per heavy atom. The lowest BCUT2D eigenvalue weighted by atomic mass is 10.0. The van der Waals surface area contributed by atoms with Crippen LogP contribution in [-0.4, -0.2) is 17.4 Å². The fourth-order valence-electron chi connectivity index (χ4n) is 2.91. The first kappa shape index (κ1) is 20.9. The molecule has 1 N–H and O–H groups in total.